The molecule has 0 aliphatic rings. The minimum atomic E-state index is -0.312. The van der Waals surface area contributed by atoms with Crippen LogP contribution in [0.2, 0.25) is 0 Å². The molecule has 0 bridgehead atoms. The summed E-state index contributed by atoms with van der Waals surface area (Å²) in [6, 6.07) is 4.82. The average Bonchev–Trinajstić information content (AvgIpc) is 2.64. The van der Waals surface area contributed by atoms with Crippen LogP contribution in [0.4, 0.5) is 16.1 Å². The molecule has 0 saturated carbocycles. The third-order valence-corrected chi connectivity index (χ3v) is 2.26. The van der Waals surface area contributed by atoms with E-state index in [0.717, 1.165) is 5.56 Å². The highest BCUT2D eigenvalue weighted by Gasteiger charge is 2.06. The second kappa shape index (κ2) is 5.14. The van der Waals surface area contributed by atoms with Gasteiger partial charge < -0.3 is 9.73 Å². The molecule has 0 radical (unpaired) electrons. The number of anilines is 2. The van der Waals surface area contributed by atoms with Gasteiger partial charge in [0.25, 0.3) is 0 Å². The molecule has 90 valence electrons. The number of aryl methyl sites for hydroxylation is 2. The second-order valence-electron chi connectivity index (χ2n) is 3.58. The third kappa shape index (κ3) is 3.17. The van der Waals surface area contributed by atoms with Crippen molar-refractivity contribution in [1.82, 2.24) is 10.2 Å². The van der Waals surface area contributed by atoms with Gasteiger partial charge in [-0.25, -0.2) is 4.39 Å². The molecule has 1 heterocycles. The van der Waals surface area contributed by atoms with Gasteiger partial charge in [0, 0.05) is 18.0 Å². The first-order valence-corrected chi connectivity index (χ1v) is 5.63. The highest BCUT2D eigenvalue weighted by atomic mass is 35.5. The highest BCUT2D eigenvalue weighted by Crippen LogP contribution is 2.18. The third-order valence-electron chi connectivity index (χ3n) is 2.07. The van der Waals surface area contributed by atoms with Crippen molar-refractivity contribution in [2.75, 3.05) is 11.2 Å². The van der Waals surface area contributed by atoms with E-state index in [1.54, 1.807) is 13.0 Å². The van der Waals surface area contributed by atoms with Gasteiger partial charge in [-0.2, -0.15) is 0 Å². The maximum Gasteiger partial charge on any atom is 0.320 e. The molecule has 0 saturated heterocycles. The number of rotatable bonds is 4. The van der Waals surface area contributed by atoms with Crippen molar-refractivity contribution in [2.24, 2.45) is 0 Å². The van der Waals surface area contributed by atoms with Gasteiger partial charge in [0.15, 0.2) is 0 Å². The lowest BCUT2D eigenvalue weighted by Crippen LogP contribution is -1.92. The summed E-state index contributed by atoms with van der Waals surface area (Å²) in [5, 5.41) is 10.4. The van der Waals surface area contributed by atoms with E-state index in [9.17, 15) is 4.39 Å². The highest BCUT2D eigenvalue weighted by molar-refractivity contribution is 6.17. The molecule has 6 heteroatoms. The molecule has 2 rings (SSSR count). The van der Waals surface area contributed by atoms with Crippen LogP contribution in [0.3, 0.4) is 0 Å². The summed E-state index contributed by atoms with van der Waals surface area (Å²) in [6.07, 6.45) is 0.512. The number of alkyl halides is 1. The summed E-state index contributed by atoms with van der Waals surface area (Å²) in [6.45, 7) is 1.81. The fourth-order valence-corrected chi connectivity index (χ4v) is 1.58. The van der Waals surface area contributed by atoms with Gasteiger partial charge in [0.1, 0.15) is 5.82 Å². The number of nitrogens with zero attached hydrogens (tertiary/aromatic N) is 2. The number of hydrogen-bond donors (Lipinski definition) is 1. The summed E-state index contributed by atoms with van der Waals surface area (Å²) in [4.78, 5) is 0. The normalized spacial score (nSPS) is 10.5. The van der Waals surface area contributed by atoms with Crippen molar-refractivity contribution in [1.29, 1.82) is 0 Å². The molecule has 0 amide bonds. The van der Waals surface area contributed by atoms with Crippen LogP contribution in [-0.4, -0.2) is 16.1 Å². The Morgan fingerprint density at radius 2 is 2.18 bits per heavy atom. The van der Waals surface area contributed by atoms with Crippen LogP contribution < -0.4 is 5.32 Å². The van der Waals surface area contributed by atoms with E-state index in [-0.39, 0.29) is 11.8 Å². The Bertz CT molecular complexity index is 495. The molecule has 0 fully saturated rings. The first kappa shape index (κ1) is 11.9. The fourth-order valence-electron chi connectivity index (χ4n) is 1.42. The Balaban J connectivity index is 2.13. The largest absolute Gasteiger partial charge is 0.408 e. The van der Waals surface area contributed by atoms with Crippen molar-refractivity contribution < 1.29 is 8.81 Å². The number of benzene rings is 1. The smallest absolute Gasteiger partial charge is 0.320 e. The predicted molar refractivity (Wildman–Crippen MR) is 63.1 cm³/mol. The number of halogens is 2. The van der Waals surface area contributed by atoms with Gasteiger partial charge in [-0.1, -0.05) is 5.10 Å². The van der Waals surface area contributed by atoms with Gasteiger partial charge in [0.05, 0.1) is 0 Å². The van der Waals surface area contributed by atoms with Crippen molar-refractivity contribution >= 4 is 23.3 Å². The quantitative estimate of drug-likeness (QED) is 0.853. The van der Waals surface area contributed by atoms with Crippen molar-refractivity contribution in [3.05, 3.63) is 35.5 Å². The second-order valence-corrected chi connectivity index (χ2v) is 3.96. The lowest BCUT2D eigenvalue weighted by Gasteiger charge is -2.02. The zero-order valence-corrected chi connectivity index (χ0v) is 9.96. The predicted octanol–water partition coefficient (Wildman–Crippen LogP) is 3.04. The number of hydrogen-bond acceptors (Lipinski definition) is 4. The minimum Gasteiger partial charge on any atom is -0.408 e. The van der Waals surface area contributed by atoms with E-state index in [2.05, 4.69) is 15.5 Å². The summed E-state index contributed by atoms with van der Waals surface area (Å²) in [7, 11) is 0. The molecule has 1 N–H and O–H groups in total. The van der Waals surface area contributed by atoms with E-state index in [1.165, 1.54) is 12.1 Å². The molecule has 1 aromatic heterocycles. The molecule has 17 heavy (non-hydrogen) atoms. The molecule has 0 aliphatic heterocycles. The standard InChI is InChI=1S/C11H11ClFN3O/c1-7-4-8(13)6-9(5-7)14-11-16-15-10(17-11)2-3-12/h4-6H,2-3H2,1H3,(H,14,16). The van der Waals surface area contributed by atoms with E-state index in [4.69, 9.17) is 16.0 Å². The molecular weight excluding hydrogens is 245 g/mol. The molecule has 4 nitrogen and oxygen atoms in total. The molecule has 0 unspecified atom stereocenters. The van der Waals surface area contributed by atoms with Gasteiger partial charge in [0.2, 0.25) is 5.89 Å². The molecular formula is C11H11ClFN3O. The summed E-state index contributed by atoms with van der Waals surface area (Å²) < 4.78 is 18.4. The minimum absolute atomic E-state index is 0.232. The van der Waals surface area contributed by atoms with Crippen LogP contribution in [0.25, 0.3) is 0 Å². The Morgan fingerprint density at radius 3 is 2.88 bits per heavy atom. The maximum atomic E-state index is 13.1. The van der Waals surface area contributed by atoms with Crippen molar-refractivity contribution in [3.8, 4) is 0 Å². The first-order chi connectivity index (χ1) is 8.17. The fraction of sp³-hybridized carbons (Fsp3) is 0.273. The Hall–Kier alpha value is -1.62. The van der Waals surface area contributed by atoms with Crippen LogP contribution in [0.5, 0.6) is 0 Å². The zero-order valence-electron chi connectivity index (χ0n) is 9.20. The Labute approximate surface area is 103 Å². The maximum absolute atomic E-state index is 13.1. The van der Waals surface area contributed by atoms with Gasteiger partial charge in [-0.15, -0.1) is 16.7 Å². The van der Waals surface area contributed by atoms with E-state index < -0.39 is 0 Å². The van der Waals surface area contributed by atoms with E-state index in [0.29, 0.717) is 23.9 Å². The lowest BCUT2D eigenvalue weighted by molar-refractivity contribution is 0.516. The summed E-state index contributed by atoms with van der Waals surface area (Å²) >= 11 is 5.55. The van der Waals surface area contributed by atoms with E-state index in [1.807, 2.05) is 0 Å². The van der Waals surface area contributed by atoms with Crippen molar-refractivity contribution in [2.45, 2.75) is 13.3 Å². The van der Waals surface area contributed by atoms with Crippen molar-refractivity contribution in [3.63, 3.8) is 0 Å². The van der Waals surface area contributed by atoms with Crippen LogP contribution >= 0.6 is 11.6 Å². The van der Waals surface area contributed by atoms with E-state index >= 15 is 0 Å². The first-order valence-electron chi connectivity index (χ1n) is 5.10. The summed E-state index contributed by atoms with van der Waals surface area (Å²) in [5.41, 5.74) is 1.39. The SMILES string of the molecule is Cc1cc(F)cc(Nc2nnc(CCCl)o2)c1. The van der Waals surface area contributed by atoms with Crippen LogP contribution in [0, 0.1) is 12.7 Å². The number of nitrogens with one attached hydrogen (secondary N) is 1. The van der Waals surface area contributed by atoms with Gasteiger partial charge in [-0.05, 0) is 30.7 Å². The van der Waals surface area contributed by atoms with Crippen LogP contribution in [-0.2, 0) is 6.42 Å². The van der Waals surface area contributed by atoms with Crippen LogP contribution in [0.15, 0.2) is 22.6 Å². The average molecular weight is 256 g/mol. The molecule has 0 aliphatic carbocycles. The Kier molecular flexibility index (Phi) is 3.58. The van der Waals surface area contributed by atoms with Crippen LogP contribution in [0.1, 0.15) is 11.5 Å². The summed E-state index contributed by atoms with van der Waals surface area (Å²) in [5.74, 6) is 0.560. The van der Waals surface area contributed by atoms with Gasteiger partial charge >= 0.3 is 6.01 Å². The monoisotopic (exact) mass is 255 g/mol. The topological polar surface area (TPSA) is 51.0 Å². The zero-order chi connectivity index (χ0) is 12.3. The lowest BCUT2D eigenvalue weighted by atomic mass is 10.2. The molecule has 0 spiro atoms. The molecule has 1 aromatic carbocycles. The molecule has 0 atom stereocenters. The number of aromatic nitrogens is 2. The molecule has 2 aromatic rings. The Morgan fingerprint density at radius 1 is 1.35 bits per heavy atom. The van der Waals surface area contributed by atoms with Gasteiger partial charge in [-0.3, -0.25) is 0 Å².